The fourth-order valence-electron chi connectivity index (χ4n) is 5.76. The second-order valence-corrected chi connectivity index (χ2v) is 10.1. The van der Waals surface area contributed by atoms with Gasteiger partial charge in [0.15, 0.2) is 5.69 Å². The Hall–Kier alpha value is -2.47. The van der Waals surface area contributed by atoms with Crippen LogP contribution in [0.25, 0.3) is 0 Å². The maximum atomic E-state index is 4.96. The zero-order valence-electron chi connectivity index (χ0n) is 18.9. The van der Waals surface area contributed by atoms with E-state index in [9.17, 15) is 0 Å². The first-order valence-corrected chi connectivity index (χ1v) is 11.8. The zero-order valence-corrected chi connectivity index (χ0v) is 18.9. The van der Waals surface area contributed by atoms with E-state index in [0.717, 1.165) is 50.7 Å². The molecule has 3 aliphatic heterocycles. The summed E-state index contributed by atoms with van der Waals surface area (Å²) in [6, 6.07) is 6.85. The van der Waals surface area contributed by atoms with Crippen LogP contribution in [0.3, 0.4) is 0 Å². The van der Waals surface area contributed by atoms with Crippen molar-refractivity contribution in [1.82, 2.24) is 15.3 Å². The normalized spacial score (nSPS) is 26.4. The van der Waals surface area contributed by atoms with Crippen LogP contribution in [0.15, 0.2) is 24.4 Å². The van der Waals surface area contributed by atoms with Crippen LogP contribution in [0.1, 0.15) is 49.1 Å². The van der Waals surface area contributed by atoms with Crippen LogP contribution in [0.4, 0.5) is 17.2 Å². The molecule has 162 valence electrons. The van der Waals surface area contributed by atoms with E-state index in [4.69, 9.17) is 4.98 Å². The average Bonchev–Trinajstić information content (AvgIpc) is 3.52. The lowest BCUT2D eigenvalue weighted by atomic mass is 9.83. The summed E-state index contributed by atoms with van der Waals surface area (Å²) < 4.78 is 2.12. The van der Waals surface area contributed by atoms with E-state index in [0.29, 0.717) is 17.4 Å². The maximum absolute atomic E-state index is 4.96. The largest absolute Gasteiger partial charge is 0.370 e. The molecule has 0 bridgehead atoms. The maximum Gasteiger partial charge on any atom is 0.336 e. The SMILES string of the molecule is Cc1cc(N2CCC(c3ccc(N4CCNC5(CC5)C4)cn3)[C@@H](C)C2)c2c(n1)[N+](C)=C2. The van der Waals surface area contributed by atoms with Crippen molar-refractivity contribution in [3.63, 3.8) is 0 Å². The Morgan fingerprint density at radius 3 is 2.77 bits per heavy atom. The van der Waals surface area contributed by atoms with Crippen molar-refractivity contribution in [2.75, 3.05) is 49.6 Å². The van der Waals surface area contributed by atoms with Gasteiger partial charge in [0.1, 0.15) is 11.8 Å². The van der Waals surface area contributed by atoms with Crippen LogP contribution in [0.5, 0.6) is 0 Å². The Morgan fingerprint density at radius 1 is 1.19 bits per heavy atom. The molecule has 6 rings (SSSR count). The lowest BCUT2D eigenvalue weighted by Crippen LogP contribution is -2.52. The number of fused-ring (bicyclic) bond motifs is 1. The molecule has 2 aromatic heterocycles. The molecule has 5 heterocycles. The molecule has 3 fully saturated rings. The summed E-state index contributed by atoms with van der Waals surface area (Å²) >= 11 is 0. The number of rotatable bonds is 3. The molecule has 6 nitrogen and oxygen atoms in total. The van der Waals surface area contributed by atoms with E-state index in [1.807, 2.05) is 0 Å². The third-order valence-electron chi connectivity index (χ3n) is 7.79. The van der Waals surface area contributed by atoms with E-state index >= 15 is 0 Å². The smallest absolute Gasteiger partial charge is 0.336 e. The van der Waals surface area contributed by atoms with Gasteiger partial charge in [0.05, 0.1) is 24.6 Å². The number of anilines is 2. The number of aryl methyl sites for hydroxylation is 1. The fourth-order valence-corrected chi connectivity index (χ4v) is 5.76. The Kier molecular flexibility index (Phi) is 4.36. The third kappa shape index (κ3) is 3.32. The molecule has 0 aromatic carbocycles. The van der Waals surface area contributed by atoms with Crippen LogP contribution in [0, 0.1) is 12.8 Å². The Balaban J connectivity index is 1.15. The topological polar surface area (TPSA) is 47.3 Å². The van der Waals surface area contributed by atoms with Gasteiger partial charge in [-0.05, 0) is 42.3 Å². The van der Waals surface area contributed by atoms with Crippen molar-refractivity contribution in [1.29, 1.82) is 0 Å². The van der Waals surface area contributed by atoms with Crippen LogP contribution in [0.2, 0.25) is 0 Å². The van der Waals surface area contributed by atoms with Gasteiger partial charge in [0.2, 0.25) is 0 Å². The molecule has 31 heavy (non-hydrogen) atoms. The summed E-state index contributed by atoms with van der Waals surface area (Å²) in [5, 5.41) is 3.70. The summed E-state index contributed by atoms with van der Waals surface area (Å²) in [5.41, 5.74) is 6.69. The molecule has 1 saturated carbocycles. The Morgan fingerprint density at radius 2 is 2.06 bits per heavy atom. The number of hydrogen-bond acceptors (Lipinski definition) is 5. The lowest BCUT2D eigenvalue weighted by Gasteiger charge is -2.39. The van der Waals surface area contributed by atoms with Gasteiger partial charge in [0, 0.05) is 62.9 Å². The molecule has 2 aromatic rings. The Labute approximate surface area is 185 Å². The van der Waals surface area contributed by atoms with E-state index in [-0.39, 0.29) is 0 Å². The minimum absolute atomic E-state index is 0.400. The number of piperazine rings is 1. The van der Waals surface area contributed by atoms with E-state index in [2.05, 4.69) is 76.2 Å². The average molecular weight is 418 g/mol. The molecule has 1 unspecified atom stereocenters. The minimum atomic E-state index is 0.400. The number of aromatic nitrogens is 2. The molecular formula is C25H33N6+. The van der Waals surface area contributed by atoms with Gasteiger partial charge in [0.25, 0.3) is 0 Å². The monoisotopic (exact) mass is 417 g/mol. The second-order valence-electron chi connectivity index (χ2n) is 10.1. The van der Waals surface area contributed by atoms with E-state index in [1.54, 1.807) is 0 Å². The number of nitrogens with one attached hydrogen (secondary N) is 1. The number of hydrogen-bond donors (Lipinski definition) is 1. The van der Waals surface area contributed by atoms with E-state index in [1.165, 1.54) is 35.5 Å². The van der Waals surface area contributed by atoms with Crippen molar-refractivity contribution in [2.45, 2.75) is 44.6 Å². The van der Waals surface area contributed by atoms with Gasteiger partial charge in [-0.1, -0.05) is 6.92 Å². The second kappa shape index (κ2) is 7.02. The molecule has 2 saturated heterocycles. The van der Waals surface area contributed by atoms with Crippen molar-refractivity contribution in [3.05, 3.63) is 41.3 Å². The molecule has 6 heteroatoms. The molecule has 1 aliphatic carbocycles. The number of nitrogens with zero attached hydrogens (tertiary/aromatic N) is 5. The number of piperidine rings is 1. The summed E-state index contributed by atoms with van der Waals surface area (Å²) in [5.74, 6) is 2.22. The molecular weight excluding hydrogens is 384 g/mol. The lowest BCUT2D eigenvalue weighted by molar-refractivity contribution is -0.416. The van der Waals surface area contributed by atoms with Crippen molar-refractivity contribution in [3.8, 4) is 0 Å². The molecule has 1 spiro atoms. The molecule has 4 aliphatic rings. The predicted molar refractivity (Wildman–Crippen MR) is 125 cm³/mol. The summed E-state index contributed by atoms with van der Waals surface area (Å²) in [4.78, 5) is 14.7. The zero-order chi connectivity index (χ0) is 21.2. The van der Waals surface area contributed by atoms with Crippen LogP contribution < -0.4 is 15.1 Å². The first-order chi connectivity index (χ1) is 15.0. The fraction of sp³-hybridized carbons (Fsp3) is 0.560. The van der Waals surface area contributed by atoms with Gasteiger partial charge in [-0.2, -0.15) is 0 Å². The van der Waals surface area contributed by atoms with Crippen molar-refractivity contribution >= 4 is 23.4 Å². The molecule has 0 amide bonds. The summed E-state index contributed by atoms with van der Waals surface area (Å²) in [6.45, 7) is 9.93. The van der Waals surface area contributed by atoms with Gasteiger partial charge >= 0.3 is 5.82 Å². The number of pyridine rings is 2. The van der Waals surface area contributed by atoms with Crippen LogP contribution in [-0.4, -0.2) is 66.1 Å². The van der Waals surface area contributed by atoms with Gasteiger partial charge < -0.3 is 15.1 Å². The van der Waals surface area contributed by atoms with Gasteiger partial charge in [-0.25, -0.2) is 4.58 Å². The van der Waals surface area contributed by atoms with Gasteiger partial charge in [-0.15, -0.1) is 0 Å². The van der Waals surface area contributed by atoms with E-state index < -0.39 is 0 Å². The highest BCUT2D eigenvalue weighted by Gasteiger charge is 2.45. The highest BCUT2D eigenvalue weighted by Crippen LogP contribution is 2.40. The van der Waals surface area contributed by atoms with Crippen molar-refractivity contribution < 1.29 is 4.58 Å². The van der Waals surface area contributed by atoms with Gasteiger partial charge in [-0.3, -0.25) is 4.98 Å². The molecule has 0 radical (unpaired) electrons. The Bertz CT molecular complexity index is 1040. The first kappa shape index (κ1) is 19.2. The molecule has 2 atom stereocenters. The van der Waals surface area contributed by atoms with Crippen LogP contribution in [-0.2, 0) is 0 Å². The summed E-state index contributed by atoms with van der Waals surface area (Å²) in [6.07, 6.45) is 8.11. The van der Waals surface area contributed by atoms with Crippen LogP contribution >= 0.6 is 0 Å². The highest BCUT2D eigenvalue weighted by molar-refractivity contribution is 5.95. The standard InChI is InChI=1S/C25H33N6/c1-17-14-30(23-12-18(2)28-24-21(23)15-29(24)3)10-6-20(17)22-5-4-19(13-26-22)31-11-9-27-25(16-31)7-8-25/h4-5,12-13,15,17,20,27H,6-11,14,16H2,1-3H3/q+1/t17-,20?/m0/s1. The minimum Gasteiger partial charge on any atom is -0.370 e. The predicted octanol–water partition coefficient (Wildman–Crippen LogP) is 3.06. The third-order valence-corrected chi connectivity index (χ3v) is 7.79. The first-order valence-electron chi connectivity index (χ1n) is 11.8. The molecule has 1 N–H and O–H groups in total. The highest BCUT2D eigenvalue weighted by atomic mass is 15.2. The quantitative estimate of drug-likeness (QED) is 0.778. The van der Waals surface area contributed by atoms with Crippen molar-refractivity contribution in [2.24, 2.45) is 5.92 Å². The summed E-state index contributed by atoms with van der Waals surface area (Å²) in [7, 11) is 2.08.